The van der Waals surface area contributed by atoms with Crippen LogP contribution in [0.1, 0.15) is 10.4 Å². The third kappa shape index (κ3) is 2.78. The minimum atomic E-state index is -0.974. The summed E-state index contributed by atoms with van der Waals surface area (Å²) in [5.74, 6) is -3.32. The first-order valence-corrected chi connectivity index (χ1v) is 9.82. The van der Waals surface area contributed by atoms with E-state index in [9.17, 15) is 18.8 Å². The molecule has 2 amide bonds. The van der Waals surface area contributed by atoms with Crippen LogP contribution in [-0.2, 0) is 9.59 Å². The topological polar surface area (TPSA) is 79.3 Å². The molecule has 5 rings (SSSR count). The van der Waals surface area contributed by atoms with Gasteiger partial charge in [-0.3, -0.25) is 19.4 Å². The predicted octanol–water partition coefficient (Wildman–Crippen LogP) is 2.43. The summed E-state index contributed by atoms with van der Waals surface area (Å²) in [5.41, 5.74) is 0.275. The Balaban J connectivity index is 1.57. The molecule has 3 aliphatic heterocycles. The monoisotopic (exact) mass is 419 g/mol. The molecule has 0 radical (unpaired) electrons. The van der Waals surface area contributed by atoms with Crippen LogP contribution in [0.15, 0.2) is 65.8 Å². The van der Waals surface area contributed by atoms with Gasteiger partial charge in [0, 0.05) is 11.8 Å². The number of hydrogen-bond donors (Lipinski definition) is 0. The van der Waals surface area contributed by atoms with Crippen molar-refractivity contribution in [1.82, 2.24) is 5.01 Å². The van der Waals surface area contributed by atoms with Crippen molar-refractivity contribution in [2.75, 3.05) is 12.0 Å². The molecule has 2 saturated heterocycles. The molecule has 0 aliphatic carbocycles. The SMILES string of the molecule is COc1ccc(C(=O)[C@@H]2[C@@H]3C(=O)N(c4ccccc4F)C(=O)[C@H]3[C@@H]3C=CC=NN23)cc1. The number of amides is 2. The number of rotatable bonds is 4. The molecule has 7 nitrogen and oxygen atoms in total. The van der Waals surface area contributed by atoms with Crippen molar-refractivity contribution in [3.8, 4) is 5.75 Å². The minimum Gasteiger partial charge on any atom is -0.497 e. The molecule has 8 heteroatoms. The first kappa shape index (κ1) is 19.2. The molecule has 0 unspecified atom stereocenters. The highest BCUT2D eigenvalue weighted by Gasteiger charge is 2.64. The lowest BCUT2D eigenvalue weighted by Gasteiger charge is -2.30. The molecule has 0 saturated carbocycles. The quantitative estimate of drug-likeness (QED) is 0.562. The summed E-state index contributed by atoms with van der Waals surface area (Å²) in [6, 6.07) is 10.6. The highest BCUT2D eigenvalue weighted by atomic mass is 19.1. The molecule has 2 aromatic rings. The number of anilines is 1. The number of para-hydroxylation sites is 1. The second-order valence-electron chi connectivity index (χ2n) is 7.57. The Labute approximate surface area is 177 Å². The number of carbonyl (C=O) groups excluding carboxylic acids is 3. The maximum atomic E-state index is 14.4. The number of benzene rings is 2. The number of imide groups is 1. The highest BCUT2D eigenvalue weighted by Crippen LogP contribution is 2.46. The zero-order valence-electron chi connectivity index (χ0n) is 16.5. The number of methoxy groups -OCH3 is 1. The zero-order chi connectivity index (χ0) is 21.7. The van der Waals surface area contributed by atoms with Crippen molar-refractivity contribution in [2.24, 2.45) is 16.9 Å². The van der Waals surface area contributed by atoms with Crippen LogP contribution in [0.5, 0.6) is 5.75 Å². The first-order valence-electron chi connectivity index (χ1n) is 9.82. The Hall–Kier alpha value is -3.81. The summed E-state index contributed by atoms with van der Waals surface area (Å²) in [6.45, 7) is 0. The second kappa shape index (κ2) is 7.16. The molecule has 0 N–H and O–H groups in total. The van der Waals surface area contributed by atoms with Crippen LogP contribution in [0.25, 0.3) is 0 Å². The van der Waals surface area contributed by atoms with Gasteiger partial charge in [-0.1, -0.05) is 18.2 Å². The van der Waals surface area contributed by atoms with Gasteiger partial charge in [0.25, 0.3) is 0 Å². The van der Waals surface area contributed by atoms with E-state index in [1.807, 2.05) is 0 Å². The number of hydrazone groups is 1. The third-order valence-corrected chi connectivity index (χ3v) is 6.03. The van der Waals surface area contributed by atoms with Gasteiger partial charge in [-0.15, -0.1) is 0 Å². The Morgan fingerprint density at radius 1 is 1.03 bits per heavy atom. The summed E-state index contributed by atoms with van der Waals surface area (Å²) < 4.78 is 19.6. The highest BCUT2D eigenvalue weighted by molar-refractivity contribution is 6.24. The normalized spacial score (nSPS) is 26.3. The lowest BCUT2D eigenvalue weighted by Crippen LogP contribution is -2.46. The van der Waals surface area contributed by atoms with E-state index in [0.29, 0.717) is 11.3 Å². The fraction of sp³-hybridized carbons (Fsp3) is 0.217. The maximum Gasteiger partial charge on any atom is 0.240 e. The third-order valence-electron chi connectivity index (χ3n) is 6.03. The predicted molar refractivity (Wildman–Crippen MR) is 110 cm³/mol. The molecule has 0 aromatic heterocycles. The number of hydrogen-bond acceptors (Lipinski definition) is 6. The van der Waals surface area contributed by atoms with E-state index in [1.54, 1.807) is 42.5 Å². The summed E-state index contributed by atoms with van der Waals surface area (Å²) in [7, 11) is 1.53. The molecule has 2 fully saturated rings. The van der Waals surface area contributed by atoms with Crippen LogP contribution in [0.3, 0.4) is 0 Å². The summed E-state index contributed by atoms with van der Waals surface area (Å²) >= 11 is 0. The fourth-order valence-corrected chi connectivity index (χ4v) is 4.63. The molecular formula is C23H18FN3O4. The van der Waals surface area contributed by atoms with E-state index < -0.39 is 41.6 Å². The van der Waals surface area contributed by atoms with Crippen LogP contribution in [0.4, 0.5) is 10.1 Å². The molecule has 4 atom stereocenters. The largest absolute Gasteiger partial charge is 0.497 e. The van der Waals surface area contributed by atoms with Crippen LogP contribution < -0.4 is 9.64 Å². The Morgan fingerprint density at radius 2 is 1.74 bits per heavy atom. The average Bonchev–Trinajstić information content (AvgIpc) is 3.27. The number of carbonyl (C=O) groups is 3. The molecule has 0 spiro atoms. The molecule has 3 heterocycles. The Bertz CT molecular complexity index is 1140. The van der Waals surface area contributed by atoms with Gasteiger partial charge in [0.2, 0.25) is 11.8 Å². The van der Waals surface area contributed by atoms with Crippen molar-refractivity contribution in [1.29, 1.82) is 0 Å². The smallest absolute Gasteiger partial charge is 0.240 e. The number of ketones is 1. The lowest BCUT2D eigenvalue weighted by molar-refractivity contribution is -0.123. The fourth-order valence-electron chi connectivity index (χ4n) is 4.63. The Morgan fingerprint density at radius 3 is 2.45 bits per heavy atom. The van der Waals surface area contributed by atoms with Gasteiger partial charge < -0.3 is 4.74 Å². The average molecular weight is 419 g/mol. The standard InChI is InChI=1S/C23H18FN3O4/c1-31-14-10-8-13(9-11-14)21(28)20-19-18(17-7-4-12-25-27(17)20)22(29)26(23(19)30)16-6-3-2-5-15(16)24/h2-12,17-20H,1H3/t17-,18-,19+,20-/m0/s1. The molecule has 3 aliphatic rings. The number of fused-ring (bicyclic) bond motifs is 3. The minimum absolute atomic E-state index is 0.0996. The van der Waals surface area contributed by atoms with Crippen molar-refractivity contribution in [3.63, 3.8) is 0 Å². The van der Waals surface area contributed by atoms with Crippen molar-refractivity contribution in [3.05, 3.63) is 72.1 Å². The van der Waals surface area contributed by atoms with E-state index in [2.05, 4.69) is 5.10 Å². The van der Waals surface area contributed by atoms with Crippen LogP contribution in [-0.4, -0.2) is 48.0 Å². The second-order valence-corrected chi connectivity index (χ2v) is 7.57. The van der Waals surface area contributed by atoms with Crippen LogP contribution >= 0.6 is 0 Å². The van der Waals surface area contributed by atoms with Gasteiger partial charge in [0.05, 0.1) is 30.7 Å². The molecule has 31 heavy (non-hydrogen) atoms. The summed E-state index contributed by atoms with van der Waals surface area (Å²) in [4.78, 5) is 41.0. The van der Waals surface area contributed by atoms with Crippen molar-refractivity contribution < 1.29 is 23.5 Å². The van der Waals surface area contributed by atoms with Gasteiger partial charge >= 0.3 is 0 Å². The van der Waals surface area contributed by atoms with E-state index in [1.165, 1.54) is 36.5 Å². The van der Waals surface area contributed by atoms with E-state index in [0.717, 1.165) is 4.90 Å². The van der Waals surface area contributed by atoms with E-state index in [-0.39, 0.29) is 11.5 Å². The molecule has 156 valence electrons. The number of Topliss-reactive ketones (excluding diaryl/α,β-unsaturated/α-hetero) is 1. The van der Waals surface area contributed by atoms with Gasteiger partial charge in [-0.05, 0) is 42.5 Å². The Kier molecular flexibility index (Phi) is 4.43. The van der Waals surface area contributed by atoms with E-state index >= 15 is 0 Å². The van der Waals surface area contributed by atoms with Crippen molar-refractivity contribution >= 4 is 29.5 Å². The summed E-state index contributed by atoms with van der Waals surface area (Å²) in [5, 5.41) is 5.82. The molecule has 2 aromatic carbocycles. The van der Waals surface area contributed by atoms with E-state index in [4.69, 9.17) is 4.74 Å². The lowest BCUT2D eigenvalue weighted by atomic mass is 9.86. The van der Waals surface area contributed by atoms with Gasteiger partial charge in [0.1, 0.15) is 17.6 Å². The zero-order valence-corrected chi connectivity index (χ0v) is 16.5. The maximum absolute atomic E-state index is 14.4. The van der Waals surface area contributed by atoms with Crippen LogP contribution in [0.2, 0.25) is 0 Å². The van der Waals surface area contributed by atoms with Gasteiger partial charge in [-0.2, -0.15) is 5.10 Å². The molecular weight excluding hydrogens is 401 g/mol. The molecule has 0 bridgehead atoms. The van der Waals surface area contributed by atoms with Crippen LogP contribution in [0, 0.1) is 17.7 Å². The first-order chi connectivity index (χ1) is 15.0. The number of nitrogens with zero attached hydrogens (tertiary/aromatic N) is 3. The number of allylic oxidation sites excluding steroid dienone is 1. The van der Waals surface area contributed by atoms with Crippen molar-refractivity contribution in [2.45, 2.75) is 12.1 Å². The van der Waals surface area contributed by atoms with Gasteiger partial charge in [0.15, 0.2) is 5.78 Å². The van der Waals surface area contributed by atoms with Gasteiger partial charge in [-0.25, -0.2) is 9.29 Å². The number of halogens is 1. The summed E-state index contributed by atoms with van der Waals surface area (Å²) in [6.07, 6.45) is 4.96. The number of ether oxygens (including phenoxy) is 1.